The number of rotatable bonds is 2. The molecule has 0 fully saturated rings. The number of anilines is 4. The zero-order chi connectivity index (χ0) is 12.4. The van der Waals surface area contributed by atoms with E-state index in [2.05, 4.69) is 34.2 Å². The van der Waals surface area contributed by atoms with Gasteiger partial charge in [-0.05, 0) is 58.7 Å². The van der Waals surface area contributed by atoms with Gasteiger partial charge in [0, 0.05) is 10.2 Å². The third-order valence-corrected chi connectivity index (χ3v) is 3.15. The molecule has 17 heavy (non-hydrogen) atoms. The predicted octanol–water partition coefficient (Wildman–Crippen LogP) is 3.67. The number of halogens is 1. The lowest BCUT2D eigenvalue weighted by Gasteiger charge is -2.10. The Hall–Kier alpha value is -1.68. The first-order valence-corrected chi connectivity index (χ1v) is 6.04. The Kier molecular flexibility index (Phi) is 3.24. The summed E-state index contributed by atoms with van der Waals surface area (Å²) in [6.45, 7) is 2.05. The van der Waals surface area contributed by atoms with Crippen molar-refractivity contribution in [1.29, 1.82) is 0 Å². The fourth-order valence-electron chi connectivity index (χ4n) is 1.53. The molecule has 0 radical (unpaired) electrons. The van der Waals surface area contributed by atoms with Crippen LogP contribution in [0.4, 0.5) is 22.7 Å². The van der Waals surface area contributed by atoms with Crippen molar-refractivity contribution in [3.63, 3.8) is 0 Å². The zero-order valence-electron chi connectivity index (χ0n) is 9.50. The van der Waals surface area contributed by atoms with E-state index in [4.69, 9.17) is 11.5 Å². The minimum Gasteiger partial charge on any atom is -0.397 e. The minimum atomic E-state index is 0.582. The summed E-state index contributed by atoms with van der Waals surface area (Å²) in [7, 11) is 0. The summed E-state index contributed by atoms with van der Waals surface area (Å²) in [4.78, 5) is 0. The van der Waals surface area contributed by atoms with Gasteiger partial charge in [0.2, 0.25) is 0 Å². The number of hydrogen-bond donors (Lipinski definition) is 3. The highest BCUT2D eigenvalue weighted by molar-refractivity contribution is 9.10. The van der Waals surface area contributed by atoms with Gasteiger partial charge in [0.05, 0.1) is 17.1 Å². The maximum absolute atomic E-state index is 5.76. The van der Waals surface area contributed by atoms with Crippen LogP contribution in [0.1, 0.15) is 5.56 Å². The summed E-state index contributed by atoms with van der Waals surface area (Å²) < 4.78 is 1.02. The molecule has 2 aromatic rings. The highest BCUT2D eigenvalue weighted by atomic mass is 79.9. The Bertz CT molecular complexity index is 552. The molecule has 0 amide bonds. The third-order valence-electron chi connectivity index (χ3n) is 2.49. The lowest BCUT2D eigenvalue weighted by Crippen LogP contribution is -1.97. The Morgan fingerprint density at radius 2 is 1.76 bits per heavy atom. The molecule has 3 nitrogen and oxygen atoms in total. The van der Waals surface area contributed by atoms with E-state index in [1.807, 2.05) is 24.3 Å². The van der Waals surface area contributed by atoms with Crippen LogP contribution in [0, 0.1) is 6.92 Å². The first-order valence-electron chi connectivity index (χ1n) is 5.24. The van der Waals surface area contributed by atoms with Crippen molar-refractivity contribution in [2.45, 2.75) is 6.92 Å². The van der Waals surface area contributed by atoms with E-state index in [0.717, 1.165) is 15.8 Å². The van der Waals surface area contributed by atoms with E-state index in [-0.39, 0.29) is 0 Å². The molecular weight excluding hydrogens is 278 g/mol. The molecule has 0 aliphatic heterocycles. The number of nitrogens with one attached hydrogen (secondary N) is 1. The van der Waals surface area contributed by atoms with Crippen LogP contribution in [0.5, 0.6) is 0 Å². The normalized spacial score (nSPS) is 10.2. The number of nitrogen functional groups attached to an aromatic ring is 2. The second-order valence-corrected chi connectivity index (χ2v) is 4.81. The van der Waals surface area contributed by atoms with Crippen molar-refractivity contribution in [3.8, 4) is 0 Å². The molecule has 2 aromatic carbocycles. The number of benzene rings is 2. The molecule has 4 heteroatoms. The highest BCUT2D eigenvalue weighted by Gasteiger charge is 2.02. The Morgan fingerprint density at radius 3 is 2.41 bits per heavy atom. The summed E-state index contributed by atoms with van der Waals surface area (Å²) in [5, 5.41) is 3.29. The molecule has 5 N–H and O–H groups in total. The SMILES string of the molecule is Cc1ccc(Nc2ccc(N)c(N)c2)c(Br)c1. The van der Waals surface area contributed by atoms with E-state index in [9.17, 15) is 0 Å². The molecule has 0 atom stereocenters. The van der Waals surface area contributed by atoms with E-state index in [0.29, 0.717) is 11.4 Å². The van der Waals surface area contributed by atoms with Gasteiger partial charge in [-0.3, -0.25) is 0 Å². The third kappa shape index (κ3) is 2.71. The topological polar surface area (TPSA) is 64.1 Å². The van der Waals surface area contributed by atoms with Gasteiger partial charge < -0.3 is 16.8 Å². The van der Waals surface area contributed by atoms with Crippen molar-refractivity contribution in [1.82, 2.24) is 0 Å². The standard InChI is InChI=1S/C13H14BrN3/c1-8-2-5-13(10(14)6-8)17-9-3-4-11(15)12(16)7-9/h2-7,17H,15-16H2,1H3. The molecule has 0 unspecified atom stereocenters. The van der Waals surface area contributed by atoms with Gasteiger partial charge in [-0.25, -0.2) is 0 Å². The fraction of sp³-hybridized carbons (Fsp3) is 0.0769. The van der Waals surface area contributed by atoms with E-state index in [1.165, 1.54) is 5.56 Å². The monoisotopic (exact) mass is 291 g/mol. The minimum absolute atomic E-state index is 0.582. The molecular formula is C13H14BrN3. The highest BCUT2D eigenvalue weighted by Crippen LogP contribution is 2.28. The average Bonchev–Trinajstić information content (AvgIpc) is 2.27. The molecule has 0 bridgehead atoms. The summed E-state index contributed by atoms with van der Waals surface area (Å²) in [5.74, 6) is 0. The van der Waals surface area contributed by atoms with Gasteiger partial charge in [-0.1, -0.05) is 6.07 Å². The molecule has 2 rings (SSSR count). The van der Waals surface area contributed by atoms with Crippen LogP contribution in [0.2, 0.25) is 0 Å². The molecule has 88 valence electrons. The Balaban J connectivity index is 2.28. The quantitative estimate of drug-likeness (QED) is 0.740. The first kappa shape index (κ1) is 11.8. The summed E-state index contributed by atoms with van der Waals surface area (Å²) in [5.41, 5.74) is 15.7. The van der Waals surface area contributed by atoms with Crippen molar-refractivity contribution in [2.24, 2.45) is 0 Å². The van der Waals surface area contributed by atoms with Crippen LogP contribution in [-0.2, 0) is 0 Å². The maximum Gasteiger partial charge on any atom is 0.0568 e. The van der Waals surface area contributed by atoms with Gasteiger partial charge >= 0.3 is 0 Å². The van der Waals surface area contributed by atoms with Crippen molar-refractivity contribution < 1.29 is 0 Å². The van der Waals surface area contributed by atoms with Crippen molar-refractivity contribution in [2.75, 3.05) is 16.8 Å². The van der Waals surface area contributed by atoms with Crippen LogP contribution >= 0.6 is 15.9 Å². The van der Waals surface area contributed by atoms with Crippen LogP contribution in [0.15, 0.2) is 40.9 Å². The molecule has 0 aliphatic rings. The number of hydrogen-bond acceptors (Lipinski definition) is 3. The second-order valence-electron chi connectivity index (χ2n) is 3.95. The largest absolute Gasteiger partial charge is 0.397 e. The first-order chi connectivity index (χ1) is 8.06. The van der Waals surface area contributed by atoms with Crippen molar-refractivity contribution in [3.05, 3.63) is 46.4 Å². The zero-order valence-corrected chi connectivity index (χ0v) is 11.1. The summed E-state index contributed by atoms with van der Waals surface area (Å²) >= 11 is 3.52. The average molecular weight is 292 g/mol. The predicted molar refractivity (Wildman–Crippen MR) is 77.4 cm³/mol. The summed E-state index contributed by atoms with van der Waals surface area (Å²) in [6, 6.07) is 11.6. The van der Waals surface area contributed by atoms with Crippen molar-refractivity contribution >= 4 is 38.7 Å². The van der Waals surface area contributed by atoms with E-state index in [1.54, 1.807) is 6.07 Å². The fourth-order valence-corrected chi connectivity index (χ4v) is 2.12. The maximum atomic E-state index is 5.76. The number of nitrogens with two attached hydrogens (primary N) is 2. The van der Waals surface area contributed by atoms with Gasteiger partial charge in [-0.2, -0.15) is 0 Å². The van der Waals surface area contributed by atoms with Crippen LogP contribution in [0.25, 0.3) is 0 Å². The lowest BCUT2D eigenvalue weighted by atomic mass is 10.2. The Labute approximate surface area is 109 Å². The molecule has 0 saturated heterocycles. The van der Waals surface area contributed by atoms with Gasteiger partial charge in [0.1, 0.15) is 0 Å². The molecule has 0 saturated carbocycles. The van der Waals surface area contributed by atoms with E-state index >= 15 is 0 Å². The Morgan fingerprint density at radius 1 is 1.00 bits per heavy atom. The van der Waals surface area contributed by atoms with E-state index < -0.39 is 0 Å². The van der Waals surface area contributed by atoms with Gasteiger partial charge in [0.25, 0.3) is 0 Å². The van der Waals surface area contributed by atoms with Gasteiger partial charge in [0.15, 0.2) is 0 Å². The summed E-state index contributed by atoms with van der Waals surface area (Å²) in [6.07, 6.45) is 0. The van der Waals surface area contributed by atoms with Gasteiger partial charge in [-0.15, -0.1) is 0 Å². The van der Waals surface area contributed by atoms with Crippen LogP contribution in [-0.4, -0.2) is 0 Å². The van der Waals surface area contributed by atoms with Crippen LogP contribution in [0.3, 0.4) is 0 Å². The number of aryl methyl sites for hydroxylation is 1. The molecule has 0 aromatic heterocycles. The molecule has 0 spiro atoms. The van der Waals surface area contributed by atoms with Crippen LogP contribution < -0.4 is 16.8 Å². The smallest absolute Gasteiger partial charge is 0.0568 e. The second kappa shape index (κ2) is 4.67. The molecule has 0 heterocycles. The lowest BCUT2D eigenvalue weighted by molar-refractivity contribution is 1.43. The molecule has 0 aliphatic carbocycles.